The Morgan fingerprint density at radius 3 is 2.75 bits per heavy atom. The van der Waals surface area contributed by atoms with Crippen LogP contribution in [0.3, 0.4) is 0 Å². The number of hydrogen-bond donors (Lipinski definition) is 1. The number of methoxy groups -OCH3 is 1. The molecule has 7 heteroatoms. The summed E-state index contributed by atoms with van der Waals surface area (Å²) in [6.45, 7) is 5.01. The van der Waals surface area contributed by atoms with Crippen molar-refractivity contribution in [3.8, 4) is 0 Å². The van der Waals surface area contributed by atoms with Gasteiger partial charge in [-0.05, 0) is 63.1 Å². The molecule has 7 nitrogen and oxygen atoms in total. The minimum absolute atomic E-state index is 0.224. The van der Waals surface area contributed by atoms with E-state index in [0.29, 0.717) is 18.6 Å². The number of amides is 3. The Kier molecular flexibility index (Phi) is 6.20. The van der Waals surface area contributed by atoms with Crippen LogP contribution >= 0.6 is 0 Å². The van der Waals surface area contributed by atoms with E-state index in [-0.39, 0.29) is 18.2 Å². The zero-order chi connectivity index (χ0) is 22.9. The predicted octanol–water partition coefficient (Wildman–Crippen LogP) is 3.50. The molecule has 1 atom stereocenters. The summed E-state index contributed by atoms with van der Waals surface area (Å²) >= 11 is 0. The number of rotatable bonds is 7. The van der Waals surface area contributed by atoms with Crippen LogP contribution in [0.15, 0.2) is 30.3 Å². The Bertz CT molecular complexity index is 1060. The molecule has 0 bridgehead atoms. The van der Waals surface area contributed by atoms with Crippen molar-refractivity contribution in [2.75, 3.05) is 20.3 Å². The van der Waals surface area contributed by atoms with Crippen molar-refractivity contribution in [1.82, 2.24) is 14.8 Å². The summed E-state index contributed by atoms with van der Waals surface area (Å²) in [5.41, 5.74) is 3.27. The third-order valence-corrected chi connectivity index (χ3v) is 6.81. The number of hydrogen-bond acceptors (Lipinski definition) is 4. The van der Waals surface area contributed by atoms with Crippen molar-refractivity contribution < 1.29 is 19.1 Å². The first kappa shape index (κ1) is 22.3. The van der Waals surface area contributed by atoms with E-state index in [9.17, 15) is 14.4 Å². The molecule has 1 N–H and O–H groups in total. The van der Waals surface area contributed by atoms with Gasteiger partial charge in [-0.2, -0.15) is 0 Å². The number of benzene rings is 1. The zero-order valence-electron chi connectivity index (χ0n) is 19.1. The predicted molar refractivity (Wildman–Crippen MR) is 121 cm³/mol. The monoisotopic (exact) mass is 437 g/mol. The fourth-order valence-electron chi connectivity index (χ4n) is 5.14. The highest BCUT2D eigenvalue weighted by atomic mass is 16.5. The number of fused-ring (bicyclic) bond motifs is 2. The number of nitrogens with zero attached hydrogens (tertiary/aromatic N) is 2. The normalized spacial score (nSPS) is 20.4. The fourth-order valence-corrected chi connectivity index (χ4v) is 5.14. The molecule has 2 aliphatic rings. The molecule has 1 saturated heterocycles. The summed E-state index contributed by atoms with van der Waals surface area (Å²) < 4.78 is 7.21. The second-order valence-corrected chi connectivity index (χ2v) is 8.80. The number of ether oxygens (including phenoxy) is 1. The molecule has 1 aromatic heterocycles. The van der Waals surface area contributed by atoms with Gasteiger partial charge in [-0.3, -0.25) is 14.5 Å². The minimum atomic E-state index is -1.07. The smallest absolute Gasteiger partial charge is 0.325 e. The fraction of sp³-hybridized carbons (Fsp3) is 0.480. The number of ketones is 1. The Morgan fingerprint density at radius 1 is 1.19 bits per heavy atom. The van der Waals surface area contributed by atoms with E-state index in [0.717, 1.165) is 59.6 Å². The summed E-state index contributed by atoms with van der Waals surface area (Å²) in [6, 6.07) is 9.17. The van der Waals surface area contributed by atoms with Crippen LogP contribution in [0, 0.1) is 13.8 Å². The average Bonchev–Trinajstić information content (AvgIpc) is 3.10. The van der Waals surface area contributed by atoms with Crippen molar-refractivity contribution >= 4 is 17.7 Å². The molecule has 0 saturated carbocycles. The molecule has 1 aliphatic heterocycles. The van der Waals surface area contributed by atoms with Crippen LogP contribution in [0.2, 0.25) is 0 Å². The van der Waals surface area contributed by atoms with Gasteiger partial charge < -0.3 is 14.6 Å². The van der Waals surface area contributed by atoms with Gasteiger partial charge in [0, 0.05) is 37.2 Å². The van der Waals surface area contributed by atoms with Gasteiger partial charge in [0.2, 0.25) is 0 Å². The molecule has 1 spiro atoms. The third kappa shape index (κ3) is 3.75. The SMILES string of the molecule is COCCCn1c(C)cc(C(=O)CN2C(=O)N[C@]3(CCCCc4ccccc43)C2=O)c1C. The molecule has 3 amide bonds. The third-order valence-electron chi connectivity index (χ3n) is 6.81. The lowest BCUT2D eigenvalue weighted by molar-refractivity contribution is -0.131. The van der Waals surface area contributed by atoms with Crippen molar-refractivity contribution in [1.29, 1.82) is 0 Å². The first-order valence-electron chi connectivity index (χ1n) is 11.3. The number of aromatic nitrogens is 1. The number of aryl methyl sites for hydroxylation is 2. The summed E-state index contributed by atoms with van der Waals surface area (Å²) in [4.78, 5) is 40.8. The highest BCUT2D eigenvalue weighted by Gasteiger charge is 2.53. The maximum absolute atomic E-state index is 13.6. The standard InChI is InChI=1S/C25H31N3O4/c1-17-15-20(18(2)27(17)13-8-14-32-3)22(29)16-28-23(30)25(26-24(28)31)12-7-6-10-19-9-4-5-11-21(19)25/h4-5,9,11,15H,6-8,10,12-14,16H2,1-3H3,(H,26,31)/t25-/m0/s1. The first-order valence-corrected chi connectivity index (χ1v) is 11.3. The minimum Gasteiger partial charge on any atom is -0.385 e. The molecule has 0 unspecified atom stereocenters. The number of nitrogens with one attached hydrogen (secondary N) is 1. The van der Waals surface area contributed by atoms with Crippen molar-refractivity contribution in [3.63, 3.8) is 0 Å². The molecule has 2 heterocycles. The molecule has 32 heavy (non-hydrogen) atoms. The summed E-state index contributed by atoms with van der Waals surface area (Å²) in [5.74, 6) is -0.544. The molecule has 1 aliphatic carbocycles. The van der Waals surface area contributed by atoms with Gasteiger partial charge in [0.05, 0.1) is 6.54 Å². The van der Waals surface area contributed by atoms with Gasteiger partial charge in [0.1, 0.15) is 5.54 Å². The Morgan fingerprint density at radius 2 is 1.97 bits per heavy atom. The second-order valence-electron chi connectivity index (χ2n) is 8.80. The van der Waals surface area contributed by atoms with Crippen LogP contribution in [0.25, 0.3) is 0 Å². The Labute approximate surface area is 188 Å². The molecular weight excluding hydrogens is 406 g/mol. The van der Waals surface area contributed by atoms with Crippen LogP contribution in [-0.2, 0) is 28.0 Å². The summed E-state index contributed by atoms with van der Waals surface area (Å²) in [7, 11) is 1.67. The second kappa shape index (κ2) is 8.90. The van der Waals surface area contributed by atoms with Crippen LogP contribution in [-0.4, -0.2) is 47.4 Å². The van der Waals surface area contributed by atoms with Gasteiger partial charge in [-0.15, -0.1) is 0 Å². The zero-order valence-corrected chi connectivity index (χ0v) is 19.1. The largest absolute Gasteiger partial charge is 0.385 e. The lowest BCUT2D eigenvalue weighted by Crippen LogP contribution is -2.44. The highest BCUT2D eigenvalue weighted by molar-refractivity contribution is 6.11. The lowest BCUT2D eigenvalue weighted by atomic mass is 9.84. The topological polar surface area (TPSA) is 80.6 Å². The van der Waals surface area contributed by atoms with Crippen LogP contribution in [0.4, 0.5) is 4.79 Å². The van der Waals surface area contributed by atoms with Crippen LogP contribution < -0.4 is 5.32 Å². The van der Waals surface area contributed by atoms with Gasteiger partial charge in [-0.1, -0.05) is 24.3 Å². The van der Waals surface area contributed by atoms with Gasteiger partial charge in [0.15, 0.2) is 5.78 Å². The number of Topliss-reactive ketones (excluding diaryl/α,β-unsaturated/α-hetero) is 1. The number of urea groups is 1. The maximum atomic E-state index is 13.6. The molecule has 2 aromatic rings. The highest BCUT2D eigenvalue weighted by Crippen LogP contribution is 2.39. The molecule has 170 valence electrons. The first-order chi connectivity index (χ1) is 15.4. The quantitative estimate of drug-likeness (QED) is 0.408. The van der Waals surface area contributed by atoms with E-state index in [4.69, 9.17) is 4.74 Å². The van der Waals surface area contributed by atoms with Gasteiger partial charge in [-0.25, -0.2) is 4.79 Å². The lowest BCUT2D eigenvalue weighted by Gasteiger charge is -2.27. The molecule has 4 rings (SSSR count). The number of carbonyl (C=O) groups excluding carboxylic acids is 3. The van der Waals surface area contributed by atoms with Crippen molar-refractivity contribution in [2.24, 2.45) is 0 Å². The van der Waals surface area contributed by atoms with Crippen LogP contribution in [0.1, 0.15) is 58.6 Å². The van der Waals surface area contributed by atoms with Crippen LogP contribution in [0.5, 0.6) is 0 Å². The van der Waals surface area contributed by atoms with Gasteiger partial charge in [0.25, 0.3) is 5.91 Å². The van der Waals surface area contributed by atoms with E-state index in [2.05, 4.69) is 9.88 Å². The molecular formula is C25H31N3O4. The van der Waals surface area contributed by atoms with E-state index >= 15 is 0 Å². The van der Waals surface area contributed by atoms with E-state index < -0.39 is 11.6 Å². The molecule has 1 fully saturated rings. The van der Waals surface area contributed by atoms with E-state index in [1.54, 1.807) is 7.11 Å². The van der Waals surface area contributed by atoms with Crippen molar-refractivity contribution in [3.05, 3.63) is 58.4 Å². The summed E-state index contributed by atoms with van der Waals surface area (Å²) in [6.07, 6.45) is 4.08. The van der Waals surface area contributed by atoms with E-state index in [1.807, 2.05) is 44.2 Å². The average molecular weight is 438 g/mol. The van der Waals surface area contributed by atoms with Gasteiger partial charge >= 0.3 is 6.03 Å². The molecule has 1 aromatic carbocycles. The number of carbonyl (C=O) groups is 3. The summed E-state index contributed by atoms with van der Waals surface area (Å²) in [5, 5.41) is 2.95. The Hall–Kier alpha value is -2.93. The Balaban J connectivity index is 1.58. The van der Waals surface area contributed by atoms with Crippen molar-refractivity contribution in [2.45, 2.75) is 58.0 Å². The van der Waals surface area contributed by atoms with E-state index in [1.165, 1.54) is 0 Å². The maximum Gasteiger partial charge on any atom is 0.325 e. The number of imide groups is 1. The molecule has 0 radical (unpaired) electrons.